The van der Waals surface area contributed by atoms with E-state index in [4.69, 9.17) is 0 Å². The summed E-state index contributed by atoms with van der Waals surface area (Å²) < 4.78 is 0. The van der Waals surface area contributed by atoms with Gasteiger partial charge in [-0.25, -0.2) is 0 Å². The van der Waals surface area contributed by atoms with Crippen LogP contribution < -0.4 is 5.32 Å². The zero-order valence-electron chi connectivity index (χ0n) is 12.5. The van der Waals surface area contributed by atoms with Gasteiger partial charge in [0, 0.05) is 12.1 Å². The van der Waals surface area contributed by atoms with Crippen LogP contribution in [-0.2, 0) is 0 Å². The first-order chi connectivity index (χ1) is 8.83. The lowest BCUT2D eigenvalue weighted by molar-refractivity contribution is 0.0289. The SMILES string of the molecule is CCCNCCC(C)N1CCCC2CCCCC21. The second kappa shape index (κ2) is 7.49. The van der Waals surface area contributed by atoms with Crippen LogP contribution in [0, 0.1) is 5.92 Å². The van der Waals surface area contributed by atoms with E-state index in [0.29, 0.717) is 0 Å². The van der Waals surface area contributed by atoms with E-state index in [0.717, 1.165) is 18.0 Å². The van der Waals surface area contributed by atoms with Crippen LogP contribution in [-0.4, -0.2) is 36.6 Å². The molecule has 2 fully saturated rings. The van der Waals surface area contributed by atoms with Crippen molar-refractivity contribution in [3.63, 3.8) is 0 Å². The van der Waals surface area contributed by atoms with Crippen LogP contribution in [0.25, 0.3) is 0 Å². The number of piperidine rings is 1. The third-order valence-electron chi connectivity index (χ3n) is 5.02. The normalized spacial score (nSPS) is 31.0. The Balaban J connectivity index is 1.78. The van der Waals surface area contributed by atoms with Crippen LogP contribution in [0.5, 0.6) is 0 Å². The fraction of sp³-hybridized carbons (Fsp3) is 1.00. The maximum Gasteiger partial charge on any atom is 0.0126 e. The maximum absolute atomic E-state index is 3.55. The average molecular weight is 252 g/mol. The molecule has 1 N–H and O–H groups in total. The second-order valence-electron chi connectivity index (χ2n) is 6.38. The van der Waals surface area contributed by atoms with Crippen molar-refractivity contribution < 1.29 is 0 Å². The van der Waals surface area contributed by atoms with Gasteiger partial charge in [0.05, 0.1) is 0 Å². The Hall–Kier alpha value is -0.0800. The predicted molar refractivity (Wildman–Crippen MR) is 78.9 cm³/mol. The topological polar surface area (TPSA) is 15.3 Å². The van der Waals surface area contributed by atoms with Gasteiger partial charge in [0.2, 0.25) is 0 Å². The van der Waals surface area contributed by atoms with Gasteiger partial charge in [-0.05, 0) is 71.0 Å². The molecule has 0 bridgehead atoms. The zero-order valence-corrected chi connectivity index (χ0v) is 12.5. The Bertz CT molecular complexity index is 227. The molecule has 3 atom stereocenters. The van der Waals surface area contributed by atoms with Gasteiger partial charge in [-0.2, -0.15) is 0 Å². The van der Waals surface area contributed by atoms with Crippen molar-refractivity contribution in [3.8, 4) is 0 Å². The summed E-state index contributed by atoms with van der Waals surface area (Å²) in [6, 6.07) is 1.70. The predicted octanol–water partition coefficient (Wildman–Crippen LogP) is 3.42. The first kappa shape index (κ1) is 14.3. The van der Waals surface area contributed by atoms with Gasteiger partial charge in [-0.1, -0.05) is 19.8 Å². The molecule has 0 radical (unpaired) electrons. The highest BCUT2D eigenvalue weighted by Gasteiger charge is 2.34. The fourth-order valence-electron chi connectivity index (χ4n) is 3.99. The number of likely N-dealkylation sites (tertiary alicyclic amines) is 1. The zero-order chi connectivity index (χ0) is 12.8. The van der Waals surface area contributed by atoms with Crippen molar-refractivity contribution in [1.82, 2.24) is 10.2 Å². The molecule has 0 spiro atoms. The first-order valence-corrected chi connectivity index (χ1v) is 8.29. The third-order valence-corrected chi connectivity index (χ3v) is 5.02. The van der Waals surface area contributed by atoms with Crippen molar-refractivity contribution in [2.24, 2.45) is 5.92 Å². The van der Waals surface area contributed by atoms with Crippen molar-refractivity contribution in [2.75, 3.05) is 19.6 Å². The lowest BCUT2D eigenvalue weighted by atomic mass is 9.77. The molecule has 1 saturated carbocycles. The van der Waals surface area contributed by atoms with Gasteiger partial charge in [-0.15, -0.1) is 0 Å². The van der Waals surface area contributed by atoms with Crippen LogP contribution >= 0.6 is 0 Å². The molecule has 2 rings (SSSR count). The Morgan fingerprint density at radius 3 is 2.72 bits per heavy atom. The molecule has 0 aromatic carbocycles. The summed E-state index contributed by atoms with van der Waals surface area (Å²) in [4.78, 5) is 2.85. The number of hydrogen-bond acceptors (Lipinski definition) is 2. The van der Waals surface area contributed by atoms with E-state index in [-0.39, 0.29) is 0 Å². The molecular weight excluding hydrogens is 220 g/mol. The smallest absolute Gasteiger partial charge is 0.0126 e. The average Bonchev–Trinajstić information content (AvgIpc) is 2.43. The minimum atomic E-state index is 0.778. The molecule has 0 aromatic heterocycles. The molecule has 1 aliphatic carbocycles. The lowest BCUT2D eigenvalue weighted by Crippen LogP contribution is -2.51. The van der Waals surface area contributed by atoms with E-state index in [1.807, 2.05) is 0 Å². The molecule has 2 nitrogen and oxygen atoms in total. The van der Waals surface area contributed by atoms with E-state index in [1.54, 1.807) is 0 Å². The summed E-state index contributed by atoms with van der Waals surface area (Å²) >= 11 is 0. The van der Waals surface area contributed by atoms with E-state index in [2.05, 4.69) is 24.1 Å². The fourth-order valence-corrected chi connectivity index (χ4v) is 3.99. The second-order valence-corrected chi connectivity index (χ2v) is 6.38. The minimum Gasteiger partial charge on any atom is -0.317 e. The van der Waals surface area contributed by atoms with E-state index in [9.17, 15) is 0 Å². The van der Waals surface area contributed by atoms with Gasteiger partial charge < -0.3 is 5.32 Å². The monoisotopic (exact) mass is 252 g/mol. The third kappa shape index (κ3) is 3.71. The molecule has 1 saturated heterocycles. The van der Waals surface area contributed by atoms with E-state index >= 15 is 0 Å². The van der Waals surface area contributed by atoms with E-state index in [1.165, 1.54) is 71.0 Å². The summed E-state index contributed by atoms with van der Waals surface area (Å²) in [5.74, 6) is 1.03. The van der Waals surface area contributed by atoms with Gasteiger partial charge in [0.15, 0.2) is 0 Å². The molecule has 1 aliphatic heterocycles. The Kier molecular flexibility index (Phi) is 5.97. The summed E-state index contributed by atoms with van der Waals surface area (Å²) in [5.41, 5.74) is 0. The maximum atomic E-state index is 3.55. The van der Waals surface area contributed by atoms with Crippen LogP contribution in [0.2, 0.25) is 0 Å². The number of nitrogens with zero attached hydrogens (tertiary/aromatic N) is 1. The van der Waals surface area contributed by atoms with Gasteiger partial charge in [0.25, 0.3) is 0 Å². The number of rotatable bonds is 6. The van der Waals surface area contributed by atoms with Crippen LogP contribution in [0.15, 0.2) is 0 Å². The number of nitrogens with one attached hydrogen (secondary N) is 1. The van der Waals surface area contributed by atoms with Crippen molar-refractivity contribution >= 4 is 0 Å². The lowest BCUT2D eigenvalue weighted by Gasteiger charge is -2.47. The highest BCUT2D eigenvalue weighted by Crippen LogP contribution is 2.36. The highest BCUT2D eigenvalue weighted by atomic mass is 15.2. The molecule has 0 amide bonds. The largest absolute Gasteiger partial charge is 0.317 e. The van der Waals surface area contributed by atoms with E-state index < -0.39 is 0 Å². The summed E-state index contributed by atoms with van der Waals surface area (Å²) in [7, 11) is 0. The van der Waals surface area contributed by atoms with Crippen LogP contribution in [0.1, 0.15) is 65.2 Å². The Morgan fingerprint density at radius 1 is 1.11 bits per heavy atom. The van der Waals surface area contributed by atoms with Gasteiger partial charge in [-0.3, -0.25) is 4.90 Å². The molecule has 1 heterocycles. The summed E-state index contributed by atoms with van der Waals surface area (Å²) in [6.07, 6.45) is 11.4. The Labute approximate surface area is 114 Å². The number of hydrogen-bond donors (Lipinski definition) is 1. The summed E-state index contributed by atoms with van der Waals surface area (Å²) in [6.45, 7) is 8.43. The van der Waals surface area contributed by atoms with Crippen molar-refractivity contribution in [1.29, 1.82) is 0 Å². The summed E-state index contributed by atoms with van der Waals surface area (Å²) in [5, 5.41) is 3.55. The van der Waals surface area contributed by atoms with Gasteiger partial charge in [0.1, 0.15) is 0 Å². The molecule has 3 unspecified atom stereocenters. The molecule has 2 heteroatoms. The Morgan fingerprint density at radius 2 is 1.89 bits per heavy atom. The molecule has 2 aliphatic rings. The minimum absolute atomic E-state index is 0.778. The number of fused-ring (bicyclic) bond motifs is 1. The van der Waals surface area contributed by atoms with Crippen molar-refractivity contribution in [2.45, 2.75) is 77.3 Å². The molecule has 106 valence electrons. The standard InChI is InChI=1S/C16H32N2/c1-3-11-17-12-10-14(2)18-13-6-8-15-7-4-5-9-16(15)18/h14-17H,3-13H2,1-2H3. The molecular formula is C16H32N2. The first-order valence-electron chi connectivity index (χ1n) is 8.29. The van der Waals surface area contributed by atoms with Crippen LogP contribution in [0.3, 0.4) is 0 Å². The quantitative estimate of drug-likeness (QED) is 0.729. The van der Waals surface area contributed by atoms with Gasteiger partial charge >= 0.3 is 0 Å². The highest BCUT2D eigenvalue weighted by molar-refractivity contribution is 4.89. The molecule has 18 heavy (non-hydrogen) atoms. The van der Waals surface area contributed by atoms with Crippen LogP contribution in [0.4, 0.5) is 0 Å². The van der Waals surface area contributed by atoms with Crippen molar-refractivity contribution in [3.05, 3.63) is 0 Å². The molecule has 0 aromatic rings.